The number of carbonyl (C=O) groups is 1. The van der Waals surface area contributed by atoms with E-state index in [1.807, 2.05) is 65.5 Å². The molecule has 0 aromatic heterocycles. The molecule has 0 bridgehead atoms. The Morgan fingerprint density at radius 1 is 1.00 bits per heavy atom. The maximum atomic E-state index is 10.6. The molecule has 2 saturated carbocycles. The van der Waals surface area contributed by atoms with Crippen LogP contribution in [0.15, 0.2) is 0 Å². The van der Waals surface area contributed by atoms with E-state index in [9.17, 15) is 4.79 Å². The van der Waals surface area contributed by atoms with Crippen LogP contribution in [0.1, 0.15) is 6.92 Å². The van der Waals surface area contributed by atoms with E-state index in [0.717, 1.165) is 18.1 Å². The average Bonchev–Trinajstić information content (AvgIpc) is 3.01. The van der Waals surface area contributed by atoms with Crippen LogP contribution in [0.5, 0.6) is 0 Å². The molecule has 2 fully saturated rings. The summed E-state index contributed by atoms with van der Waals surface area (Å²) in [7, 11) is 4.01. The Bertz CT molecular complexity index is 209. The van der Waals surface area contributed by atoms with Crippen molar-refractivity contribution in [2.24, 2.45) is 0 Å². The van der Waals surface area contributed by atoms with Gasteiger partial charge < -0.3 is 9.69 Å². The van der Waals surface area contributed by atoms with Crippen LogP contribution in [0.2, 0.25) is 0 Å². The molecule has 10 radical (unpaired) electrons. The molecule has 18 heavy (non-hydrogen) atoms. The van der Waals surface area contributed by atoms with Crippen molar-refractivity contribution in [3.05, 3.63) is 63.2 Å². The quantitative estimate of drug-likeness (QED) is 0.583. The Morgan fingerprint density at radius 2 is 1.50 bits per heavy atom. The molecule has 0 aromatic rings. The van der Waals surface area contributed by atoms with E-state index < -0.39 is 0 Å². The Kier molecular flexibility index (Phi) is 10.1. The molecule has 0 spiro atoms. The minimum atomic E-state index is 0. The number of nitrogens with zero attached hydrogens (tertiary/aromatic N) is 1. The fourth-order valence-corrected chi connectivity index (χ4v) is 1.53. The van der Waals surface area contributed by atoms with Gasteiger partial charge in [0.2, 0.25) is 0 Å². The minimum absolute atomic E-state index is 0. The van der Waals surface area contributed by atoms with Gasteiger partial charge in [0.25, 0.3) is 0 Å². The van der Waals surface area contributed by atoms with E-state index in [1.165, 1.54) is 0 Å². The Labute approximate surface area is 123 Å². The maximum Gasteiger partial charge on any atom is 2.00 e. The van der Waals surface area contributed by atoms with Crippen LogP contribution in [0.3, 0.4) is 0 Å². The predicted molar refractivity (Wildman–Crippen MR) is 70.1 cm³/mol. The minimum Gasteiger partial charge on any atom is -0.306 e. The standard InChI is InChI=1S/C10H14NO.C5H5.Fe/c1-8(11(2)3)10-6-4-5-9(10)7-12;1-2-4-5-3-1;/h4-8H,1-3H3;1-5H;/q;;+2/t8-;;/m1../s1. The van der Waals surface area contributed by atoms with E-state index >= 15 is 0 Å². The van der Waals surface area contributed by atoms with Gasteiger partial charge in [-0.15, -0.1) is 0 Å². The molecule has 3 heteroatoms. The Hall–Kier alpha value is 0.149. The first-order chi connectivity index (χ1) is 8.16. The van der Waals surface area contributed by atoms with Gasteiger partial charge in [0.1, 0.15) is 6.29 Å². The zero-order valence-corrected chi connectivity index (χ0v) is 12.1. The fraction of sp³-hybridized carbons (Fsp3) is 0.267. The van der Waals surface area contributed by atoms with Crippen LogP contribution in [0.4, 0.5) is 0 Å². The molecule has 2 aliphatic carbocycles. The molecule has 96 valence electrons. The van der Waals surface area contributed by atoms with Crippen molar-refractivity contribution >= 4 is 6.29 Å². The largest absolute Gasteiger partial charge is 2.00 e. The first-order valence-corrected chi connectivity index (χ1v) is 5.70. The summed E-state index contributed by atoms with van der Waals surface area (Å²) in [4.78, 5) is 12.7. The van der Waals surface area contributed by atoms with E-state index in [4.69, 9.17) is 0 Å². The predicted octanol–water partition coefficient (Wildman–Crippen LogP) is 1.93. The molecule has 0 aromatic carbocycles. The van der Waals surface area contributed by atoms with E-state index in [1.54, 1.807) is 0 Å². The smallest absolute Gasteiger partial charge is 0.306 e. The van der Waals surface area contributed by atoms with Gasteiger partial charge in [-0.05, 0) is 72.4 Å². The first-order valence-electron chi connectivity index (χ1n) is 5.70. The third-order valence-electron chi connectivity index (χ3n) is 2.79. The van der Waals surface area contributed by atoms with Crippen LogP contribution in [-0.2, 0) is 21.9 Å². The van der Waals surface area contributed by atoms with Crippen LogP contribution in [0.25, 0.3) is 0 Å². The van der Waals surface area contributed by atoms with Gasteiger partial charge >= 0.3 is 17.1 Å². The molecule has 2 rings (SSSR count). The van der Waals surface area contributed by atoms with Crippen molar-refractivity contribution in [2.75, 3.05) is 14.1 Å². The molecular weight excluding hydrogens is 266 g/mol. The Balaban J connectivity index is 0.000000405. The second kappa shape index (κ2) is 10.00. The molecule has 0 N–H and O–H groups in total. The average molecular weight is 285 g/mol. The van der Waals surface area contributed by atoms with Crippen molar-refractivity contribution in [3.8, 4) is 0 Å². The van der Waals surface area contributed by atoms with Crippen LogP contribution in [-0.4, -0.2) is 31.3 Å². The fourth-order valence-electron chi connectivity index (χ4n) is 1.53. The molecule has 2 aliphatic rings. The summed E-state index contributed by atoms with van der Waals surface area (Å²) in [5, 5.41) is 0. The zero-order valence-electron chi connectivity index (χ0n) is 11.0. The third kappa shape index (κ3) is 5.86. The number of aldehydes is 1. The van der Waals surface area contributed by atoms with Gasteiger partial charge in [-0.1, -0.05) is 0 Å². The van der Waals surface area contributed by atoms with Gasteiger partial charge in [0.15, 0.2) is 0 Å². The van der Waals surface area contributed by atoms with Gasteiger partial charge in [0, 0.05) is 12.0 Å². The summed E-state index contributed by atoms with van der Waals surface area (Å²) in [6.07, 6.45) is 16.7. The molecule has 2 nitrogen and oxygen atoms in total. The van der Waals surface area contributed by atoms with Crippen LogP contribution in [0, 0.1) is 63.2 Å². The van der Waals surface area contributed by atoms with E-state index in [-0.39, 0.29) is 17.1 Å². The van der Waals surface area contributed by atoms with Gasteiger partial charge in [-0.25, -0.2) is 0 Å². The summed E-state index contributed by atoms with van der Waals surface area (Å²) >= 11 is 0. The topological polar surface area (TPSA) is 20.3 Å². The third-order valence-corrected chi connectivity index (χ3v) is 2.79. The molecule has 0 heterocycles. The molecule has 0 amide bonds. The first kappa shape index (κ1) is 18.1. The van der Waals surface area contributed by atoms with Crippen molar-refractivity contribution in [3.63, 3.8) is 0 Å². The SMILES string of the molecule is C[C@H]([C]1[CH][CH][CH][C]1C=O)N(C)C.[CH]1[CH][CH][CH][CH]1.[Fe+2]. The molecular formula is C15H19FeNO+2. The number of hydrogen-bond acceptors (Lipinski definition) is 2. The number of hydrogen-bond donors (Lipinski definition) is 0. The summed E-state index contributed by atoms with van der Waals surface area (Å²) in [6, 6.07) is 0.306. The number of carbonyl (C=O) groups excluding carboxylic acids is 1. The van der Waals surface area contributed by atoms with Crippen molar-refractivity contribution in [1.82, 2.24) is 4.90 Å². The van der Waals surface area contributed by atoms with E-state index in [2.05, 4.69) is 11.8 Å². The summed E-state index contributed by atoms with van der Waals surface area (Å²) < 4.78 is 0. The maximum absolute atomic E-state index is 10.6. The van der Waals surface area contributed by atoms with Crippen molar-refractivity contribution < 1.29 is 21.9 Å². The molecule has 0 aliphatic heterocycles. The summed E-state index contributed by atoms with van der Waals surface area (Å²) in [6.45, 7) is 2.09. The monoisotopic (exact) mass is 285 g/mol. The van der Waals surface area contributed by atoms with Crippen molar-refractivity contribution in [2.45, 2.75) is 13.0 Å². The second-order valence-electron chi connectivity index (χ2n) is 4.16. The molecule has 1 atom stereocenters. The zero-order chi connectivity index (χ0) is 12.7. The summed E-state index contributed by atoms with van der Waals surface area (Å²) in [5.41, 5.74) is 0. The summed E-state index contributed by atoms with van der Waals surface area (Å²) in [5.74, 6) is 1.91. The Morgan fingerprint density at radius 3 is 1.89 bits per heavy atom. The second-order valence-corrected chi connectivity index (χ2v) is 4.16. The van der Waals surface area contributed by atoms with Crippen LogP contribution >= 0.6 is 0 Å². The van der Waals surface area contributed by atoms with Crippen LogP contribution < -0.4 is 0 Å². The molecule has 0 saturated heterocycles. The van der Waals surface area contributed by atoms with Crippen molar-refractivity contribution in [1.29, 1.82) is 0 Å². The van der Waals surface area contributed by atoms with Gasteiger partial charge in [-0.3, -0.25) is 0 Å². The van der Waals surface area contributed by atoms with E-state index in [0.29, 0.717) is 6.04 Å². The van der Waals surface area contributed by atoms with Gasteiger partial charge in [-0.2, -0.15) is 0 Å². The molecule has 0 unspecified atom stereocenters. The normalized spacial score (nSPS) is 22.2. The van der Waals surface area contributed by atoms with Gasteiger partial charge in [0.05, 0.1) is 5.92 Å². The number of rotatable bonds is 3.